The predicted octanol–water partition coefficient (Wildman–Crippen LogP) is 2.27. The average molecular weight is 346 g/mol. The summed E-state index contributed by atoms with van der Waals surface area (Å²) in [5, 5.41) is 0. The second kappa shape index (κ2) is 6.34. The third-order valence-corrected chi connectivity index (χ3v) is 3.89. The highest BCUT2D eigenvalue weighted by atomic mass is 79.9. The molecular weight excluding hydrogens is 330 g/mol. The van der Waals surface area contributed by atoms with Crippen LogP contribution in [0.4, 0.5) is 0 Å². The lowest BCUT2D eigenvalue weighted by Gasteiger charge is -2.16. The summed E-state index contributed by atoms with van der Waals surface area (Å²) in [4.78, 5) is 8.79. The molecule has 0 aliphatic carbocycles. The van der Waals surface area contributed by atoms with Gasteiger partial charge < -0.3 is 4.57 Å². The predicted molar refractivity (Wildman–Crippen MR) is 86.5 cm³/mol. The monoisotopic (exact) mass is 345 g/mol. The van der Waals surface area contributed by atoms with Crippen LogP contribution in [0.3, 0.4) is 0 Å². The molecule has 1 aromatic carbocycles. The maximum Gasteiger partial charge on any atom is 0.0958 e. The molecule has 0 radical (unpaired) electrons. The van der Waals surface area contributed by atoms with E-state index in [-0.39, 0.29) is 6.04 Å². The van der Waals surface area contributed by atoms with Crippen LogP contribution >= 0.6 is 15.9 Å². The zero-order chi connectivity index (χ0) is 14.7. The van der Waals surface area contributed by atoms with Gasteiger partial charge in [-0.2, -0.15) is 0 Å². The number of fused-ring (bicyclic) bond motifs is 1. The second-order valence-electron chi connectivity index (χ2n) is 4.92. The van der Waals surface area contributed by atoms with Gasteiger partial charge in [0.1, 0.15) is 0 Å². The minimum absolute atomic E-state index is 0.0938. The highest BCUT2D eigenvalue weighted by Gasteiger charge is 2.11. The minimum atomic E-state index is 0.0938. The van der Waals surface area contributed by atoms with Gasteiger partial charge in [0.05, 0.1) is 17.4 Å². The summed E-state index contributed by atoms with van der Waals surface area (Å²) in [5.41, 5.74) is 5.98. The summed E-state index contributed by atoms with van der Waals surface area (Å²) in [6, 6.07) is 12.2. The van der Waals surface area contributed by atoms with Crippen molar-refractivity contribution in [2.24, 2.45) is 5.84 Å². The Morgan fingerprint density at radius 1 is 1.19 bits per heavy atom. The number of imidazole rings is 1. The van der Waals surface area contributed by atoms with Gasteiger partial charge in [0.15, 0.2) is 0 Å². The summed E-state index contributed by atoms with van der Waals surface area (Å²) < 4.78 is 3.09. The highest BCUT2D eigenvalue weighted by molar-refractivity contribution is 9.10. The molecule has 3 aromatic rings. The van der Waals surface area contributed by atoms with Crippen molar-refractivity contribution in [3.8, 4) is 0 Å². The first-order valence-electron chi connectivity index (χ1n) is 6.72. The number of nitrogens with zero attached hydrogens (tertiary/aromatic N) is 3. The fourth-order valence-corrected chi connectivity index (χ4v) is 2.58. The molecule has 0 bridgehead atoms. The third-order valence-electron chi connectivity index (χ3n) is 3.42. The number of benzene rings is 1. The first kappa shape index (κ1) is 14.2. The molecule has 1 unspecified atom stereocenters. The largest absolute Gasteiger partial charge is 0.329 e. The molecule has 0 aliphatic rings. The number of hydrogen-bond donors (Lipinski definition) is 2. The van der Waals surface area contributed by atoms with Crippen LogP contribution in [-0.4, -0.2) is 20.6 Å². The lowest BCUT2D eigenvalue weighted by molar-refractivity contribution is 0.457. The van der Waals surface area contributed by atoms with E-state index in [1.165, 1.54) is 0 Å². The molecule has 3 N–H and O–H groups in total. The standard InChI is InChI=1S/C15H16BrN5/c16-11-5-6-12(18-8-11)7-13(20-17)9-21-10-19-14-3-1-2-4-15(14)21/h1-6,8,10,13,20H,7,9,17H2. The first-order valence-corrected chi connectivity index (χ1v) is 7.52. The summed E-state index contributed by atoms with van der Waals surface area (Å²) in [5.74, 6) is 5.69. The van der Waals surface area contributed by atoms with Crippen LogP contribution in [0.2, 0.25) is 0 Å². The van der Waals surface area contributed by atoms with Crippen LogP contribution in [0.25, 0.3) is 11.0 Å². The summed E-state index contributed by atoms with van der Waals surface area (Å²) in [6.07, 6.45) is 4.41. The van der Waals surface area contributed by atoms with E-state index < -0.39 is 0 Å². The molecule has 0 spiro atoms. The van der Waals surface area contributed by atoms with E-state index in [2.05, 4.69) is 42.0 Å². The fraction of sp³-hybridized carbons (Fsp3) is 0.200. The van der Waals surface area contributed by atoms with Crippen LogP contribution in [0, 0.1) is 0 Å². The highest BCUT2D eigenvalue weighted by Crippen LogP contribution is 2.14. The molecule has 0 fully saturated rings. The molecule has 2 aromatic heterocycles. The van der Waals surface area contributed by atoms with Crippen LogP contribution in [0.1, 0.15) is 5.69 Å². The number of hydrazine groups is 1. The third kappa shape index (κ3) is 3.29. The van der Waals surface area contributed by atoms with Gasteiger partial charge in [0.2, 0.25) is 0 Å². The van der Waals surface area contributed by atoms with Gasteiger partial charge in [0.25, 0.3) is 0 Å². The van der Waals surface area contributed by atoms with Crippen molar-refractivity contribution in [2.45, 2.75) is 19.0 Å². The summed E-state index contributed by atoms with van der Waals surface area (Å²) in [7, 11) is 0. The zero-order valence-corrected chi connectivity index (χ0v) is 13.0. The molecule has 0 aliphatic heterocycles. The van der Waals surface area contributed by atoms with E-state index >= 15 is 0 Å². The molecule has 1 atom stereocenters. The number of aromatic nitrogens is 3. The van der Waals surface area contributed by atoms with Gasteiger partial charge in [-0.05, 0) is 40.2 Å². The average Bonchev–Trinajstić information content (AvgIpc) is 2.92. The number of hydrogen-bond acceptors (Lipinski definition) is 4. The Morgan fingerprint density at radius 3 is 2.81 bits per heavy atom. The molecular formula is C15H16BrN5. The lowest BCUT2D eigenvalue weighted by Crippen LogP contribution is -2.40. The van der Waals surface area contributed by atoms with Gasteiger partial charge in [0, 0.05) is 35.4 Å². The SMILES string of the molecule is NNC(Cc1ccc(Br)cn1)Cn1cnc2ccccc21. The topological polar surface area (TPSA) is 68.8 Å². The summed E-state index contributed by atoms with van der Waals surface area (Å²) >= 11 is 3.39. The Bertz CT molecular complexity index is 722. The van der Waals surface area contributed by atoms with Gasteiger partial charge in [-0.3, -0.25) is 16.3 Å². The van der Waals surface area contributed by atoms with Gasteiger partial charge in [-0.1, -0.05) is 12.1 Å². The van der Waals surface area contributed by atoms with Crippen molar-refractivity contribution < 1.29 is 0 Å². The van der Waals surface area contributed by atoms with E-state index in [0.717, 1.165) is 34.2 Å². The van der Waals surface area contributed by atoms with Gasteiger partial charge in [-0.15, -0.1) is 0 Å². The van der Waals surface area contributed by atoms with E-state index in [1.54, 1.807) is 6.20 Å². The maximum absolute atomic E-state index is 5.69. The van der Waals surface area contributed by atoms with E-state index in [4.69, 9.17) is 5.84 Å². The Balaban J connectivity index is 1.76. The molecule has 108 valence electrons. The number of pyridine rings is 1. The minimum Gasteiger partial charge on any atom is -0.329 e. The van der Waals surface area contributed by atoms with Crippen LogP contribution in [0.5, 0.6) is 0 Å². The van der Waals surface area contributed by atoms with Crippen molar-refractivity contribution in [2.75, 3.05) is 0 Å². The van der Waals surface area contributed by atoms with E-state index in [0.29, 0.717) is 0 Å². The Morgan fingerprint density at radius 2 is 2.05 bits per heavy atom. The quantitative estimate of drug-likeness (QED) is 0.549. The van der Waals surface area contributed by atoms with Crippen LogP contribution in [0.15, 0.2) is 53.4 Å². The van der Waals surface area contributed by atoms with E-state index in [1.807, 2.05) is 36.7 Å². The number of nitrogens with two attached hydrogens (primary N) is 1. The van der Waals surface area contributed by atoms with Crippen molar-refractivity contribution in [3.05, 3.63) is 59.1 Å². The van der Waals surface area contributed by atoms with Crippen molar-refractivity contribution in [3.63, 3.8) is 0 Å². The summed E-state index contributed by atoms with van der Waals surface area (Å²) in [6.45, 7) is 0.745. The maximum atomic E-state index is 5.69. The van der Waals surface area contributed by atoms with Gasteiger partial charge >= 0.3 is 0 Å². The van der Waals surface area contributed by atoms with Gasteiger partial charge in [-0.25, -0.2) is 4.98 Å². The van der Waals surface area contributed by atoms with Crippen molar-refractivity contribution in [1.82, 2.24) is 20.0 Å². The fourth-order valence-electron chi connectivity index (χ4n) is 2.35. The number of rotatable bonds is 5. The molecule has 0 saturated heterocycles. The molecule has 2 heterocycles. The normalized spacial score (nSPS) is 12.7. The van der Waals surface area contributed by atoms with Crippen molar-refractivity contribution >= 4 is 27.0 Å². The second-order valence-corrected chi connectivity index (χ2v) is 5.84. The van der Waals surface area contributed by atoms with Crippen molar-refractivity contribution in [1.29, 1.82) is 0 Å². The first-order chi connectivity index (χ1) is 10.3. The number of halogens is 1. The molecule has 0 saturated carbocycles. The molecule has 0 amide bonds. The van der Waals surface area contributed by atoms with Crippen LogP contribution < -0.4 is 11.3 Å². The van der Waals surface area contributed by atoms with E-state index in [9.17, 15) is 0 Å². The lowest BCUT2D eigenvalue weighted by atomic mass is 10.1. The molecule has 21 heavy (non-hydrogen) atoms. The Kier molecular flexibility index (Phi) is 4.28. The molecule has 6 heteroatoms. The van der Waals surface area contributed by atoms with Crippen LogP contribution in [-0.2, 0) is 13.0 Å². The number of nitrogens with one attached hydrogen (secondary N) is 1. The molecule has 5 nitrogen and oxygen atoms in total. The Labute approximate surface area is 131 Å². The number of para-hydroxylation sites is 2. The zero-order valence-electron chi connectivity index (χ0n) is 11.4. The smallest absolute Gasteiger partial charge is 0.0958 e. The Hall–Kier alpha value is -1.76. The molecule has 3 rings (SSSR count).